The third kappa shape index (κ3) is 3.17. The van der Waals surface area contributed by atoms with E-state index in [1.807, 2.05) is 12.1 Å². The fourth-order valence-electron chi connectivity index (χ4n) is 2.73. The Morgan fingerprint density at radius 1 is 1.04 bits per heavy atom. The molecule has 1 heterocycles. The quantitative estimate of drug-likeness (QED) is 0.754. The van der Waals surface area contributed by atoms with Crippen LogP contribution in [0.25, 0.3) is 10.9 Å². The topological polar surface area (TPSA) is 94.9 Å². The summed E-state index contributed by atoms with van der Waals surface area (Å²) in [6, 6.07) is 12.1. The van der Waals surface area contributed by atoms with Gasteiger partial charge in [0.25, 0.3) is 5.91 Å². The standard InChI is InChI=1S/C18H17FN4O/c19-13-9-7-11(8-10-13)3-1-4-12-5-2-6-14-15(20)17(18(21)24)23-22-16(12)14/h2,5-10H,1,3-4H2,(H2,20,22)(H2,21,24). The zero-order valence-electron chi connectivity index (χ0n) is 13.0. The maximum Gasteiger partial charge on any atom is 0.271 e. The lowest BCUT2D eigenvalue weighted by Crippen LogP contribution is -2.17. The summed E-state index contributed by atoms with van der Waals surface area (Å²) in [6.07, 6.45) is 2.49. The summed E-state index contributed by atoms with van der Waals surface area (Å²) in [5.74, 6) is -0.924. The zero-order valence-corrected chi connectivity index (χ0v) is 13.0. The normalized spacial score (nSPS) is 10.9. The van der Waals surface area contributed by atoms with E-state index in [4.69, 9.17) is 11.5 Å². The summed E-state index contributed by atoms with van der Waals surface area (Å²) >= 11 is 0. The number of hydrogen-bond acceptors (Lipinski definition) is 4. The Balaban J connectivity index is 1.81. The van der Waals surface area contributed by atoms with E-state index in [2.05, 4.69) is 10.2 Å². The van der Waals surface area contributed by atoms with Crippen molar-refractivity contribution in [1.29, 1.82) is 0 Å². The van der Waals surface area contributed by atoms with E-state index in [1.54, 1.807) is 18.2 Å². The van der Waals surface area contributed by atoms with Crippen molar-refractivity contribution in [2.45, 2.75) is 19.3 Å². The molecule has 4 N–H and O–H groups in total. The smallest absolute Gasteiger partial charge is 0.271 e. The Kier molecular flexibility index (Phi) is 4.37. The third-order valence-electron chi connectivity index (χ3n) is 3.97. The van der Waals surface area contributed by atoms with Gasteiger partial charge in [-0.2, -0.15) is 0 Å². The molecule has 0 saturated heterocycles. The van der Waals surface area contributed by atoms with Crippen LogP contribution in [0.4, 0.5) is 10.1 Å². The highest BCUT2D eigenvalue weighted by atomic mass is 19.1. The second-order valence-electron chi connectivity index (χ2n) is 5.62. The van der Waals surface area contributed by atoms with Gasteiger partial charge in [-0.3, -0.25) is 4.79 Å². The number of benzene rings is 2. The van der Waals surface area contributed by atoms with E-state index in [-0.39, 0.29) is 17.2 Å². The van der Waals surface area contributed by atoms with Crippen LogP contribution in [0.5, 0.6) is 0 Å². The number of hydrogen-bond donors (Lipinski definition) is 2. The van der Waals surface area contributed by atoms with Gasteiger partial charge in [0.15, 0.2) is 5.69 Å². The van der Waals surface area contributed by atoms with E-state index in [0.717, 1.165) is 30.4 Å². The van der Waals surface area contributed by atoms with Gasteiger partial charge < -0.3 is 11.5 Å². The maximum atomic E-state index is 12.9. The fraction of sp³-hybridized carbons (Fsp3) is 0.167. The van der Waals surface area contributed by atoms with Crippen molar-refractivity contribution in [2.24, 2.45) is 5.73 Å². The molecule has 0 aliphatic rings. The Bertz CT molecular complexity index is 893. The Morgan fingerprint density at radius 2 is 1.79 bits per heavy atom. The van der Waals surface area contributed by atoms with E-state index in [1.165, 1.54) is 12.1 Å². The molecule has 0 fully saturated rings. The van der Waals surface area contributed by atoms with Gasteiger partial charge in [-0.25, -0.2) is 4.39 Å². The molecule has 0 saturated carbocycles. The first-order valence-corrected chi connectivity index (χ1v) is 7.64. The van der Waals surface area contributed by atoms with Gasteiger partial charge >= 0.3 is 0 Å². The van der Waals surface area contributed by atoms with Crippen molar-refractivity contribution < 1.29 is 9.18 Å². The summed E-state index contributed by atoms with van der Waals surface area (Å²) in [5.41, 5.74) is 14.2. The average Bonchev–Trinajstić information content (AvgIpc) is 2.57. The van der Waals surface area contributed by atoms with Gasteiger partial charge in [0, 0.05) is 5.39 Å². The van der Waals surface area contributed by atoms with Gasteiger partial charge in [-0.15, -0.1) is 10.2 Å². The lowest BCUT2D eigenvalue weighted by atomic mass is 10.0. The number of nitrogen functional groups attached to an aromatic ring is 1. The molecular weight excluding hydrogens is 307 g/mol. The molecule has 2 aromatic carbocycles. The summed E-state index contributed by atoms with van der Waals surface area (Å²) in [4.78, 5) is 11.3. The molecule has 0 spiro atoms. The predicted octanol–water partition coefficient (Wildman–Crippen LogP) is 2.63. The number of carbonyl (C=O) groups is 1. The number of anilines is 1. The molecule has 3 rings (SSSR count). The van der Waals surface area contributed by atoms with Crippen LogP contribution < -0.4 is 11.5 Å². The number of rotatable bonds is 5. The van der Waals surface area contributed by atoms with Crippen LogP contribution in [0.2, 0.25) is 0 Å². The average molecular weight is 324 g/mol. The lowest BCUT2D eigenvalue weighted by molar-refractivity contribution is 0.0996. The predicted molar refractivity (Wildman–Crippen MR) is 90.9 cm³/mol. The van der Waals surface area contributed by atoms with Crippen molar-refractivity contribution >= 4 is 22.5 Å². The highest BCUT2D eigenvalue weighted by molar-refractivity contribution is 6.04. The molecule has 0 radical (unpaired) electrons. The number of aromatic nitrogens is 2. The SMILES string of the molecule is NC(=O)c1nnc2c(CCCc3ccc(F)cc3)cccc2c1N. The highest BCUT2D eigenvalue weighted by Crippen LogP contribution is 2.24. The van der Waals surface area contributed by atoms with Crippen LogP contribution in [0.15, 0.2) is 42.5 Å². The van der Waals surface area contributed by atoms with Crippen molar-refractivity contribution in [3.05, 3.63) is 65.1 Å². The molecule has 1 amide bonds. The van der Waals surface area contributed by atoms with Crippen LogP contribution >= 0.6 is 0 Å². The molecule has 5 nitrogen and oxygen atoms in total. The van der Waals surface area contributed by atoms with Crippen LogP contribution in [0.1, 0.15) is 28.0 Å². The Labute approximate surface area is 138 Å². The van der Waals surface area contributed by atoms with Gasteiger partial charge in [0.05, 0.1) is 11.2 Å². The van der Waals surface area contributed by atoms with Crippen LogP contribution in [-0.4, -0.2) is 16.1 Å². The van der Waals surface area contributed by atoms with E-state index in [0.29, 0.717) is 10.9 Å². The first-order valence-electron chi connectivity index (χ1n) is 7.64. The van der Waals surface area contributed by atoms with E-state index >= 15 is 0 Å². The van der Waals surface area contributed by atoms with Crippen molar-refractivity contribution in [1.82, 2.24) is 10.2 Å². The van der Waals surface area contributed by atoms with E-state index < -0.39 is 5.91 Å². The van der Waals surface area contributed by atoms with Gasteiger partial charge in [0.2, 0.25) is 0 Å². The second kappa shape index (κ2) is 6.62. The molecule has 0 unspecified atom stereocenters. The third-order valence-corrected chi connectivity index (χ3v) is 3.97. The molecule has 0 atom stereocenters. The molecule has 24 heavy (non-hydrogen) atoms. The van der Waals surface area contributed by atoms with Gasteiger partial charge in [0.1, 0.15) is 5.82 Å². The zero-order chi connectivity index (χ0) is 17.1. The Morgan fingerprint density at radius 3 is 2.50 bits per heavy atom. The van der Waals surface area contributed by atoms with Crippen molar-refractivity contribution in [3.63, 3.8) is 0 Å². The van der Waals surface area contributed by atoms with Crippen LogP contribution in [0.3, 0.4) is 0 Å². The fourth-order valence-corrected chi connectivity index (χ4v) is 2.73. The molecule has 3 aromatic rings. The summed E-state index contributed by atoms with van der Waals surface area (Å²) in [6.45, 7) is 0. The minimum Gasteiger partial charge on any atom is -0.396 e. The molecule has 6 heteroatoms. The van der Waals surface area contributed by atoms with Crippen LogP contribution in [0, 0.1) is 5.82 Å². The molecule has 122 valence electrons. The number of nitrogens with two attached hydrogens (primary N) is 2. The Hall–Kier alpha value is -3.02. The molecular formula is C18H17FN4O. The number of amides is 1. The second-order valence-corrected chi connectivity index (χ2v) is 5.62. The van der Waals surface area contributed by atoms with Gasteiger partial charge in [-0.05, 0) is 42.5 Å². The maximum absolute atomic E-state index is 12.9. The minimum absolute atomic E-state index is 0.00837. The molecule has 0 bridgehead atoms. The first-order chi connectivity index (χ1) is 11.6. The number of halogens is 1. The number of aryl methyl sites for hydroxylation is 2. The minimum atomic E-state index is -0.691. The largest absolute Gasteiger partial charge is 0.396 e. The lowest BCUT2D eigenvalue weighted by Gasteiger charge is -2.09. The number of fused-ring (bicyclic) bond motifs is 1. The van der Waals surface area contributed by atoms with Crippen molar-refractivity contribution in [3.8, 4) is 0 Å². The molecule has 0 aliphatic heterocycles. The molecule has 1 aromatic heterocycles. The molecule has 0 aliphatic carbocycles. The highest BCUT2D eigenvalue weighted by Gasteiger charge is 2.14. The summed E-state index contributed by atoms with van der Waals surface area (Å²) < 4.78 is 12.9. The first kappa shape index (κ1) is 15.9. The number of carbonyl (C=O) groups excluding carboxylic acids is 1. The van der Waals surface area contributed by atoms with Gasteiger partial charge in [-0.1, -0.05) is 30.3 Å². The van der Waals surface area contributed by atoms with Crippen LogP contribution in [-0.2, 0) is 12.8 Å². The summed E-state index contributed by atoms with van der Waals surface area (Å²) in [7, 11) is 0. The van der Waals surface area contributed by atoms with E-state index in [9.17, 15) is 9.18 Å². The number of nitrogens with zero attached hydrogens (tertiary/aromatic N) is 2. The monoisotopic (exact) mass is 324 g/mol. The summed E-state index contributed by atoms with van der Waals surface area (Å²) in [5, 5.41) is 8.65. The number of primary amides is 1. The van der Waals surface area contributed by atoms with Crippen molar-refractivity contribution in [2.75, 3.05) is 5.73 Å².